The fourth-order valence-electron chi connectivity index (χ4n) is 2.83. The molecule has 1 amide bonds. The molecule has 0 saturated carbocycles. The zero-order chi connectivity index (χ0) is 19.4. The number of aromatic nitrogens is 2. The van der Waals surface area contributed by atoms with Crippen molar-refractivity contribution in [2.24, 2.45) is 0 Å². The van der Waals surface area contributed by atoms with Crippen LogP contribution in [0.2, 0.25) is 0 Å². The van der Waals surface area contributed by atoms with Gasteiger partial charge in [0.05, 0.1) is 30.5 Å². The quantitative estimate of drug-likeness (QED) is 0.506. The molecule has 0 spiro atoms. The number of fused-ring (bicyclic) bond motifs is 1. The third-order valence-corrected chi connectivity index (χ3v) is 3.92. The van der Waals surface area contributed by atoms with E-state index in [1.165, 1.54) is 24.1 Å². The predicted octanol–water partition coefficient (Wildman–Crippen LogP) is 2.74. The molecule has 3 rings (SSSR count). The Kier molecular flexibility index (Phi) is 5.32. The average Bonchev–Trinajstić information content (AvgIpc) is 3.04. The summed E-state index contributed by atoms with van der Waals surface area (Å²) in [5.41, 5.74) is 2.06. The van der Waals surface area contributed by atoms with Crippen LogP contribution in [0.25, 0.3) is 11.0 Å². The molecule has 140 valence electrons. The van der Waals surface area contributed by atoms with E-state index in [4.69, 9.17) is 9.47 Å². The molecule has 0 atom stereocenters. The molecule has 0 radical (unpaired) electrons. The van der Waals surface area contributed by atoms with Crippen molar-refractivity contribution < 1.29 is 19.2 Å². The van der Waals surface area contributed by atoms with Gasteiger partial charge in [-0.3, -0.25) is 14.9 Å². The first-order valence-corrected chi connectivity index (χ1v) is 8.07. The minimum Gasteiger partial charge on any atom is -0.497 e. The second-order valence-corrected chi connectivity index (χ2v) is 5.83. The maximum atomic E-state index is 12.5. The van der Waals surface area contributed by atoms with E-state index in [0.717, 1.165) is 5.56 Å². The smallest absolute Gasteiger partial charge is 0.295 e. The third kappa shape index (κ3) is 4.04. The number of benzene rings is 2. The fraction of sp³-hybridized carbons (Fsp3) is 0.222. The lowest BCUT2D eigenvalue weighted by molar-refractivity contribution is -0.383. The van der Waals surface area contributed by atoms with Gasteiger partial charge in [0.15, 0.2) is 0 Å². The van der Waals surface area contributed by atoms with Gasteiger partial charge in [-0.05, 0) is 23.8 Å². The predicted molar refractivity (Wildman–Crippen MR) is 98.7 cm³/mol. The van der Waals surface area contributed by atoms with Crippen molar-refractivity contribution in [3.63, 3.8) is 0 Å². The molecule has 0 unspecified atom stereocenters. The minimum atomic E-state index is -0.489. The Labute approximate surface area is 154 Å². The Morgan fingerprint density at radius 3 is 2.81 bits per heavy atom. The fourth-order valence-corrected chi connectivity index (χ4v) is 2.83. The molecule has 0 bridgehead atoms. The van der Waals surface area contributed by atoms with E-state index >= 15 is 0 Å². The Balaban J connectivity index is 1.84. The van der Waals surface area contributed by atoms with Gasteiger partial charge in [0.1, 0.15) is 17.8 Å². The number of nitro benzene ring substituents is 1. The van der Waals surface area contributed by atoms with Crippen LogP contribution in [0, 0.1) is 10.1 Å². The Bertz CT molecular complexity index is 999. The van der Waals surface area contributed by atoms with E-state index < -0.39 is 4.92 Å². The van der Waals surface area contributed by atoms with Crippen molar-refractivity contribution in [2.75, 3.05) is 19.5 Å². The lowest BCUT2D eigenvalue weighted by atomic mass is 10.2. The molecule has 0 aliphatic heterocycles. The Morgan fingerprint density at radius 2 is 2.11 bits per heavy atom. The molecule has 2 aromatic carbocycles. The lowest BCUT2D eigenvalue weighted by Gasteiger charge is -2.11. The van der Waals surface area contributed by atoms with E-state index in [-0.39, 0.29) is 18.1 Å². The van der Waals surface area contributed by atoms with Crippen molar-refractivity contribution in [2.45, 2.75) is 13.2 Å². The summed E-state index contributed by atoms with van der Waals surface area (Å²) in [7, 11) is 3.11. The van der Waals surface area contributed by atoms with E-state index in [0.29, 0.717) is 29.1 Å². The zero-order valence-electron chi connectivity index (χ0n) is 14.8. The van der Waals surface area contributed by atoms with Gasteiger partial charge in [-0.15, -0.1) is 0 Å². The van der Waals surface area contributed by atoms with Crippen LogP contribution in [0.4, 0.5) is 11.4 Å². The molecule has 0 saturated heterocycles. The number of carbonyl (C=O) groups excluding carboxylic acids is 1. The highest BCUT2D eigenvalue weighted by atomic mass is 16.6. The standard InChI is InChI=1S/C18H18N4O5/c1-26-10-12-6-13(8-14(7-12)27-2)20-17(23)9-21-11-19-15-4-3-5-16(18(15)21)22(24)25/h3-8,11H,9-10H2,1-2H3,(H,20,23). The van der Waals surface area contributed by atoms with Crippen molar-refractivity contribution >= 4 is 28.3 Å². The number of nitrogens with zero attached hydrogens (tertiary/aromatic N) is 3. The van der Waals surface area contributed by atoms with E-state index in [1.807, 2.05) is 6.07 Å². The summed E-state index contributed by atoms with van der Waals surface area (Å²) in [4.78, 5) is 27.4. The van der Waals surface area contributed by atoms with Crippen LogP contribution in [-0.2, 0) is 22.7 Å². The first-order valence-electron chi connectivity index (χ1n) is 8.07. The summed E-state index contributed by atoms with van der Waals surface area (Å²) in [6.45, 7) is 0.261. The zero-order valence-corrected chi connectivity index (χ0v) is 14.8. The van der Waals surface area contributed by atoms with Gasteiger partial charge in [0, 0.05) is 24.9 Å². The molecule has 3 aromatic rings. The molecule has 9 nitrogen and oxygen atoms in total. The second kappa shape index (κ2) is 7.83. The van der Waals surface area contributed by atoms with Crippen molar-refractivity contribution in [3.8, 4) is 5.75 Å². The molecule has 1 N–H and O–H groups in total. The molecule has 27 heavy (non-hydrogen) atoms. The molecule has 1 heterocycles. The highest BCUT2D eigenvalue weighted by Crippen LogP contribution is 2.25. The number of non-ortho nitro benzene ring substituents is 1. The number of nitrogens with one attached hydrogen (secondary N) is 1. The normalized spacial score (nSPS) is 10.7. The molecular formula is C18H18N4O5. The van der Waals surface area contributed by atoms with Crippen LogP contribution in [0.1, 0.15) is 5.56 Å². The molecule has 0 aliphatic rings. The average molecular weight is 370 g/mol. The number of hydrogen-bond acceptors (Lipinski definition) is 6. The molecule has 0 aliphatic carbocycles. The number of para-hydroxylation sites is 1. The molecular weight excluding hydrogens is 352 g/mol. The Morgan fingerprint density at radius 1 is 1.30 bits per heavy atom. The van der Waals surface area contributed by atoms with Gasteiger partial charge < -0.3 is 19.4 Å². The monoisotopic (exact) mass is 370 g/mol. The largest absolute Gasteiger partial charge is 0.497 e. The number of imidazole rings is 1. The number of methoxy groups -OCH3 is 2. The van der Waals surface area contributed by atoms with Gasteiger partial charge in [0.25, 0.3) is 5.69 Å². The van der Waals surface area contributed by atoms with Gasteiger partial charge in [0.2, 0.25) is 5.91 Å². The Hall–Kier alpha value is -3.46. The highest BCUT2D eigenvalue weighted by molar-refractivity contribution is 5.93. The summed E-state index contributed by atoms with van der Waals surface area (Å²) in [6, 6.07) is 9.88. The van der Waals surface area contributed by atoms with Gasteiger partial charge in [-0.1, -0.05) is 6.07 Å². The van der Waals surface area contributed by atoms with Crippen molar-refractivity contribution in [3.05, 3.63) is 58.4 Å². The minimum absolute atomic E-state index is 0.0958. The summed E-state index contributed by atoms with van der Waals surface area (Å²) in [5, 5.41) is 14.0. The molecule has 0 fully saturated rings. The topological polar surface area (TPSA) is 109 Å². The maximum absolute atomic E-state index is 12.5. The van der Waals surface area contributed by atoms with E-state index in [9.17, 15) is 14.9 Å². The van der Waals surface area contributed by atoms with Crippen molar-refractivity contribution in [1.82, 2.24) is 9.55 Å². The van der Waals surface area contributed by atoms with Crippen LogP contribution < -0.4 is 10.1 Å². The van der Waals surface area contributed by atoms with Crippen LogP contribution >= 0.6 is 0 Å². The van der Waals surface area contributed by atoms with Crippen LogP contribution in [0.15, 0.2) is 42.7 Å². The number of carbonyl (C=O) groups is 1. The summed E-state index contributed by atoms with van der Waals surface area (Å²) in [5.74, 6) is 0.243. The third-order valence-electron chi connectivity index (χ3n) is 3.92. The van der Waals surface area contributed by atoms with Gasteiger partial charge in [-0.2, -0.15) is 0 Å². The van der Waals surface area contributed by atoms with Crippen LogP contribution in [0.5, 0.6) is 5.75 Å². The number of nitro groups is 1. The number of ether oxygens (including phenoxy) is 2. The van der Waals surface area contributed by atoms with E-state index in [1.54, 1.807) is 31.4 Å². The van der Waals surface area contributed by atoms with E-state index in [2.05, 4.69) is 10.3 Å². The first-order chi connectivity index (χ1) is 13.0. The number of anilines is 1. The maximum Gasteiger partial charge on any atom is 0.295 e. The van der Waals surface area contributed by atoms with Crippen LogP contribution in [0.3, 0.4) is 0 Å². The molecule has 9 heteroatoms. The first kappa shape index (κ1) is 18.3. The molecule has 1 aromatic heterocycles. The summed E-state index contributed by atoms with van der Waals surface area (Å²) in [6.07, 6.45) is 1.42. The lowest BCUT2D eigenvalue weighted by Crippen LogP contribution is -2.18. The van der Waals surface area contributed by atoms with Gasteiger partial charge in [-0.25, -0.2) is 4.98 Å². The van der Waals surface area contributed by atoms with Gasteiger partial charge >= 0.3 is 0 Å². The number of rotatable bonds is 7. The summed E-state index contributed by atoms with van der Waals surface area (Å²) < 4.78 is 11.8. The number of hydrogen-bond donors (Lipinski definition) is 1. The number of amides is 1. The van der Waals surface area contributed by atoms with Crippen molar-refractivity contribution in [1.29, 1.82) is 0 Å². The summed E-state index contributed by atoms with van der Waals surface area (Å²) >= 11 is 0. The SMILES string of the molecule is COCc1cc(NC(=O)Cn2cnc3cccc([N+](=O)[O-])c32)cc(OC)c1. The highest BCUT2D eigenvalue weighted by Gasteiger charge is 2.18. The van der Waals surface area contributed by atoms with Crippen LogP contribution in [-0.4, -0.2) is 34.6 Å². The second-order valence-electron chi connectivity index (χ2n) is 5.83.